The summed E-state index contributed by atoms with van der Waals surface area (Å²) in [5.74, 6) is 1.68. The molecule has 0 saturated carbocycles. The number of fused-ring (bicyclic) bond motifs is 1. The summed E-state index contributed by atoms with van der Waals surface area (Å²) in [5.41, 5.74) is 2.19. The van der Waals surface area contributed by atoms with Crippen LogP contribution in [0.3, 0.4) is 0 Å². The Morgan fingerprint density at radius 1 is 1.26 bits per heavy atom. The van der Waals surface area contributed by atoms with Crippen LogP contribution in [0.15, 0.2) is 41.5 Å². The number of benzene rings is 1. The van der Waals surface area contributed by atoms with Crippen LogP contribution in [0.5, 0.6) is 0 Å². The van der Waals surface area contributed by atoms with E-state index < -0.39 is 17.6 Å². The molecule has 0 spiro atoms. The maximum absolute atomic E-state index is 14.1. The molecular formula is C23H22Cl2FN5O2S. The summed E-state index contributed by atoms with van der Waals surface area (Å²) in [6.45, 7) is 1.83. The quantitative estimate of drug-likeness (QED) is 0.330. The van der Waals surface area contributed by atoms with E-state index in [1.165, 1.54) is 12.1 Å². The number of imidazole rings is 1. The minimum atomic E-state index is -0.737. The van der Waals surface area contributed by atoms with Crippen molar-refractivity contribution in [2.24, 2.45) is 0 Å². The zero-order valence-electron chi connectivity index (χ0n) is 18.3. The molecule has 0 aliphatic carbocycles. The van der Waals surface area contributed by atoms with E-state index in [1.807, 2.05) is 35.6 Å². The van der Waals surface area contributed by atoms with Crippen molar-refractivity contribution >= 4 is 46.1 Å². The zero-order valence-corrected chi connectivity index (χ0v) is 20.6. The minimum Gasteiger partial charge on any atom is -0.401 e. The number of nitrogens with zero attached hydrogens (tertiary/aromatic N) is 4. The first-order valence-electron chi connectivity index (χ1n) is 11.0. The Kier molecular flexibility index (Phi) is 6.59. The Morgan fingerprint density at radius 3 is 2.82 bits per heavy atom. The SMILES string of the molecule is CCC(On1c(=O)[nH]c2nc(-c3cnn(C4CCSCC4)c3)ccc21)c1c(Cl)ccc(F)c1Cl. The van der Waals surface area contributed by atoms with Crippen LogP contribution in [-0.2, 0) is 0 Å². The fourth-order valence-corrected chi connectivity index (χ4v) is 5.85. The Hall–Kier alpha value is -2.49. The minimum absolute atomic E-state index is 0.124. The molecular weight excluding hydrogens is 500 g/mol. The van der Waals surface area contributed by atoms with Gasteiger partial charge in [0, 0.05) is 22.3 Å². The van der Waals surface area contributed by atoms with Gasteiger partial charge < -0.3 is 4.84 Å². The highest BCUT2D eigenvalue weighted by molar-refractivity contribution is 7.99. The first kappa shape index (κ1) is 23.3. The van der Waals surface area contributed by atoms with E-state index in [4.69, 9.17) is 28.0 Å². The van der Waals surface area contributed by atoms with Gasteiger partial charge >= 0.3 is 5.69 Å². The summed E-state index contributed by atoms with van der Waals surface area (Å²) in [4.78, 5) is 26.0. The van der Waals surface area contributed by atoms with E-state index in [1.54, 1.807) is 12.3 Å². The number of rotatable bonds is 6. The lowest BCUT2D eigenvalue weighted by atomic mass is 10.1. The second-order valence-electron chi connectivity index (χ2n) is 8.10. The molecule has 1 aliphatic rings. The molecule has 34 heavy (non-hydrogen) atoms. The maximum Gasteiger partial charge on any atom is 0.360 e. The molecule has 0 amide bonds. The number of H-pyrrole nitrogens is 1. The predicted octanol–water partition coefficient (Wildman–Crippen LogP) is 5.68. The first-order valence-corrected chi connectivity index (χ1v) is 12.9. The maximum atomic E-state index is 14.1. The van der Waals surface area contributed by atoms with Crippen LogP contribution in [0.4, 0.5) is 4.39 Å². The molecule has 1 atom stereocenters. The van der Waals surface area contributed by atoms with E-state index >= 15 is 0 Å². The van der Waals surface area contributed by atoms with Crippen LogP contribution in [0.25, 0.3) is 22.4 Å². The summed E-state index contributed by atoms with van der Waals surface area (Å²) in [6.07, 6.45) is 5.67. The fourth-order valence-electron chi connectivity index (χ4n) is 4.15. The second-order valence-corrected chi connectivity index (χ2v) is 10.1. The Bertz CT molecular complexity index is 1400. The zero-order chi connectivity index (χ0) is 23.8. The van der Waals surface area contributed by atoms with Crippen molar-refractivity contribution in [2.75, 3.05) is 11.5 Å². The molecule has 1 aromatic carbocycles. The predicted molar refractivity (Wildman–Crippen MR) is 133 cm³/mol. The Morgan fingerprint density at radius 2 is 2.06 bits per heavy atom. The third-order valence-corrected chi connectivity index (χ3v) is 7.73. The summed E-state index contributed by atoms with van der Waals surface area (Å²) < 4.78 is 17.2. The number of hydrogen-bond donors (Lipinski definition) is 1. The van der Waals surface area contributed by atoms with Gasteiger partial charge in [-0.25, -0.2) is 14.2 Å². The molecule has 11 heteroatoms. The van der Waals surface area contributed by atoms with Crippen molar-refractivity contribution in [2.45, 2.75) is 38.3 Å². The van der Waals surface area contributed by atoms with Crippen LogP contribution in [0.1, 0.15) is 43.9 Å². The molecule has 1 N–H and O–H groups in total. The average Bonchev–Trinajstić information content (AvgIpc) is 3.46. The molecule has 1 fully saturated rings. The normalized spacial score (nSPS) is 15.6. The van der Waals surface area contributed by atoms with Gasteiger partial charge in [0.25, 0.3) is 0 Å². The molecule has 4 heterocycles. The number of pyridine rings is 1. The fraction of sp³-hybridized carbons (Fsp3) is 0.348. The molecule has 1 unspecified atom stereocenters. The van der Waals surface area contributed by atoms with Crippen molar-refractivity contribution in [3.05, 3.63) is 68.6 Å². The van der Waals surface area contributed by atoms with E-state index in [0.717, 1.165) is 34.6 Å². The number of hydrogen-bond acceptors (Lipinski definition) is 5. The molecule has 3 aromatic heterocycles. The Labute approximate surface area is 209 Å². The lowest BCUT2D eigenvalue weighted by molar-refractivity contribution is 0.0350. The van der Waals surface area contributed by atoms with Crippen LogP contribution in [-0.4, -0.2) is 36.0 Å². The molecule has 0 radical (unpaired) electrons. The van der Waals surface area contributed by atoms with Gasteiger partial charge in [-0.1, -0.05) is 30.1 Å². The molecule has 1 aliphatic heterocycles. The second kappa shape index (κ2) is 9.64. The topological polar surface area (TPSA) is 77.7 Å². The van der Waals surface area contributed by atoms with Crippen molar-refractivity contribution in [1.29, 1.82) is 0 Å². The third kappa shape index (κ3) is 4.32. The number of halogens is 3. The van der Waals surface area contributed by atoms with Crippen LogP contribution < -0.4 is 10.5 Å². The van der Waals surface area contributed by atoms with Crippen LogP contribution in [0, 0.1) is 5.82 Å². The smallest absolute Gasteiger partial charge is 0.360 e. The van der Waals surface area contributed by atoms with E-state index in [9.17, 15) is 9.18 Å². The van der Waals surface area contributed by atoms with Gasteiger partial charge in [-0.05, 0) is 55.0 Å². The molecule has 4 aromatic rings. The standard InChI is InChI=1S/C23H22Cl2FN5O2S/c1-2-19(20-15(24)3-4-16(26)21(20)25)33-31-18-6-5-17(28-22(18)29-23(31)32)13-11-27-30(12-13)14-7-9-34-10-8-14/h3-6,11-12,14,19H,2,7-10H2,1H3,(H,28,29,32). The van der Waals surface area contributed by atoms with Gasteiger partial charge in [0.15, 0.2) is 11.8 Å². The number of nitrogens with one attached hydrogen (secondary N) is 1. The summed E-state index contributed by atoms with van der Waals surface area (Å²) in [5, 5.41) is 4.68. The Balaban J connectivity index is 1.45. The van der Waals surface area contributed by atoms with Crippen molar-refractivity contribution in [3.63, 3.8) is 0 Å². The lowest BCUT2D eigenvalue weighted by Crippen LogP contribution is -2.27. The lowest BCUT2D eigenvalue weighted by Gasteiger charge is -2.21. The molecule has 0 bridgehead atoms. The third-order valence-electron chi connectivity index (χ3n) is 5.97. The first-order chi connectivity index (χ1) is 16.5. The van der Waals surface area contributed by atoms with E-state index in [0.29, 0.717) is 34.9 Å². The van der Waals surface area contributed by atoms with Gasteiger partial charge in [-0.3, -0.25) is 9.67 Å². The average molecular weight is 522 g/mol. The summed E-state index contributed by atoms with van der Waals surface area (Å²) >= 11 is 14.4. The van der Waals surface area contributed by atoms with Crippen molar-refractivity contribution < 1.29 is 9.23 Å². The van der Waals surface area contributed by atoms with Gasteiger partial charge in [0.05, 0.1) is 23.0 Å². The molecule has 178 valence electrons. The number of aromatic nitrogens is 5. The monoisotopic (exact) mass is 521 g/mol. The van der Waals surface area contributed by atoms with Gasteiger partial charge in [0.2, 0.25) is 0 Å². The van der Waals surface area contributed by atoms with E-state index in [2.05, 4.69) is 15.1 Å². The van der Waals surface area contributed by atoms with Gasteiger partial charge in [-0.2, -0.15) is 16.9 Å². The highest BCUT2D eigenvalue weighted by Crippen LogP contribution is 2.35. The highest BCUT2D eigenvalue weighted by atomic mass is 35.5. The summed E-state index contributed by atoms with van der Waals surface area (Å²) in [7, 11) is 0. The number of thioether (sulfide) groups is 1. The van der Waals surface area contributed by atoms with E-state index in [-0.39, 0.29) is 10.0 Å². The van der Waals surface area contributed by atoms with Crippen LogP contribution >= 0.6 is 35.0 Å². The molecule has 1 saturated heterocycles. The number of aromatic amines is 1. The van der Waals surface area contributed by atoms with Crippen molar-refractivity contribution in [3.8, 4) is 11.3 Å². The molecule has 5 rings (SSSR count). The van der Waals surface area contributed by atoms with Gasteiger partial charge in [-0.15, -0.1) is 4.73 Å². The summed E-state index contributed by atoms with van der Waals surface area (Å²) in [6, 6.07) is 6.59. The molecule has 7 nitrogen and oxygen atoms in total. The highest BCUT2D eigenvalue weighted by Gasteiger charge is 2.24. The van der Waals surface area contributed by atoms with Crippen molar-refractivity contribution in [1.82, 2.24) is 24.5 Å². The van der Waals surface area contributed by atoms with Crippen LogP contribution in [0.2, 0.25) is 10.0 Å². The largest absolute Gasteiger partial charge is 0.401 e. The van der Waals surface area contributed by atoms with Gasteiger partial charge in [0.1, 0.15) is 11.3 Å².